The standard InChI is InChI=1S/C27H51N3O/c1-26(2,23-10-16-28-17-11-23)14-15-27(3,4)24-12-21-29(22-13-24)18-8-9-25(31)30-19-6-5-7-20-30/h23-24,28H,5-22H2,1-4H3. The second-order valence-corrected chi connectivity index (χ2v) is 12.2. The van der Waals surface area contributed by atoms with Gasteiger partial charge in [0.2, 0.25) is 5.91 Å². The third kappa shape index (κ3) is 7.45. The minimum absolute atomic E-state index is 0.395. The third-order valence-corrected chi connectivity index (χ3v) is 9.12. The van der Waals surface area contributed by atoms with Crippen molar-refractivity contribution >= 4 is 5.91 Å². The van der Waals surface area contributed by atoms with E-state index in [-0.39, 0.29) is 0 Å². The van der Waals surface area contributed by atoms with Gasteiger partial charge in [0.15, 0.2) is 0 Å². The molecule has 0 unspecified atom stereocenters. The zero-order valence-corrected chi connectivity index (χ0v) is 21.2. The van der Waals surface area contributed by atoms with Gasteiger partial charge >= 0.3 is 0 Å². The minimum Gasteiger partial charge on any atom is -0.343 e. The lowest BCUT2D eigenvalue weighted by Gasteiger charge is -2.44. The maximum absolute atomic E-state index is 12.4. The fourth-order valence-electron chi connectivity index (χ4n) is 6.35. The lowest BCUT2D eigenvalue weighted by molar-refractivity contribution is -0.132. The molecule has 3 aliphatic rings. The van der Waals surface area contributed by atoms with Gasteiger partial charge in [0.1, 0.15) is 0 Å². The highest BCUT2D eigenvalue weighted by Crippen LogP contribution is 2.44. The maximum Gasteiger partial charge on any atom is 0.222 e. The first-order chi connectivity index (χ1) is 14.8. The van der Waals surface area contributed by atoms with Crippen molar-refractivity contribution in [2.24, 2.45) is 22.7 Å². The molecule has 3 fully saturated rings. The van der Waals surface area contributed by atoms with E-state index in [1.54, 1.807) is 0 Å². The van der Waals surface area contributed by atoms with Gasteiger partial charge in [0, 0.05) is 19.5 Å². The largest absolute Gasteiger partial charge is 0.343 e. The average Bonchev–Trinajstić information content (AvgIpc) is 2.79. The number of piperidine rings is 3. The lowest BCUT2D eigenvalue weighted by Crippen LogP contribution is -2.41. The van der Waals surface area contributed by atoms with Gasteiger partial charge in [0.05, 0.1) is 0 Å². The van der Waals surface area contributed by atoms with E-state index in [1.807, 2.05) is 0 Å². The van der Waals surface area contributed by atoms with Crippen molar-refractivity contribution in [3.63, 3.8) is 0 Å². The van der Waals surface area contributed by atoms with Crippen molar-refractivity contribution in [2.45, 2.75) is 98.3 Å². The highest BCUT2D eigenvalue weighted by molar-refractivity contribution is 5.76. The quantitative estimate of drug-likeness (QED) is 0.534. The predicted octanol–water partition coefficient (Wildman–Crippen LogP) is 5.32. The Morgan fingerprint density at radius 2 is 1.35 bits per heavy atom. The molecule has 3 saturated heterocycles. The summed E-state index contributed by atoms with van der Waals surface area (Å²) in [4.78, 5) is 17.1. The molecule has 3 heterocycles. The van der Waals surface area contributed by atoms with Crippen LogP contribution in [-0.2, 0) is 4.79 Å². The number of nitrogens with one attached hydrogen (secondary N) is 1. The fraction of sp³-hybridized carbons (Fsp3) is 0.963. The Morgan fingerprint density at radius 3 is 1.94 bits per heavy atom. The van der Waals surface area contributed by atoms with Crippen LogP contribution < -0.4 is 5.32 Å². The van der Waals surface area contributed by atoms with E-state index >= 15 is 0 Å². The van der Waals surface area contributed by atoms with Gasteiger partial charge in [-0.1, -0.05) is 27.7 Å². The number of carbonyl (C=O) groups excluding carboxylic acids is 1. The molecule has 1 N–H and O–H groups in total. The van der Waals surface area contributed by atoms with Crippen molar-refractivity contribution in [2.75, 3.05) is 45.8 Å². The van der Waals surface area contributed by atoms with Crippen LogP contribution in [0, 0.1) is 22.7 Å². The summed E-state index contributed by atoms with van der Waals surface area (Å²) in [6, 6.07) is 0. The Morgan fingerprint density at radius 1 is 0.806 bits per heavy atom. The maximum atomic E-state index is 12.4. The van der Waals surface area contributed by atoms with Gasteiger partial charge in [-0.05, 0) is 120 Å². The lowest BCUT2D eigenvalue weighted by atomic mass is 9.65. The number of carbonyl (C=O) groups is 1. The zero-order valence-electron chi connectivity index (χ0n) is 21.2. The number of hydrogen-bond acceptors (Lipinski definition) is 3. The molecular weight excluding hydrogens is 382 g/mol. The van der Waals surface area contributed by atoms with E-state index in [2.05, 4.69) is 42.8 Å². The molecule has 0 bridgehead atoms. The Kier molecular flexibility index (Phi) is 9.28. The number of nitrogens with zero attached hydrogens (tertiary/aromatic N) is 2. The molecule has 0 aliphatic carbocycles. The number of likely N-dealkylation sites (tertiary alicyclic amines) is 2. The van der Waals surface area contributed by atoms with Gasteiger partial charge in [-0.25, -0.2) is 0 Å². The van der Waals surface area contributed by atoms with Crippen LogP contribution in [0.15, 0.2) is 0 Å². The first kappa shape index (κ1) is 25.0. The molecular formula is C27H51N3O. The van der Waals surface area contributed by atoms with Crippen molar-refractivity contribution < 1.29 is 4.79 Å². The Labute approximate surface area is 192 Å². The monoisotopic (exact) mass is 433 g/mol. The second kappa shape index (κ2) is 11.5. The van der Waals surface area contributed by atoms with Crippen LogP contribution in [0.1, 0.15) is 98.3 Å². The number of amides is 1. The number of rotatable bonds is 9. The van der Waals surface area contributed by atoms with E-state index in [9.17, 15) is 4.79 Å². The minimum atomic E-state index is 0.395. The van der Waals surface area contributed by atoms with Crippen LogP contribution >= 0.6 is 0 Å². The van der Waals surface area contributed by atoms with E-state index in [1.165, 1.54) is 84.0 Å². The smallest absolute Gasteiger partial charge is 0.222 e. The van der Waals surface area contributed by atoms with E-state index in [0.717, 1.165) is 44.3 Å². The summed E-state index contributed by atoms with van der Waals surface area (Å²) in [5.41, 5.74) is 0.918. The summed E-state index contributed by atoms with van der Waals surface area (Å²) in [6.45, 7) is 18.1. The molecule has 31 heavy (non-hydrogen) atoms. The molecule has 3 aliphatic heterocycles. The molecule has 0 aromatic carbocycles. The number of hydrogen-bond donors (Lipinski definition) is 1. The highest BCUT2D eigenvalue weighted by atomic mass is 16.2. The summed E-state index contributed by atoms with van der Waals surface area (Å²) in [7, 11) is 0. The van der Waals surface area contributed by atoms with Crippen LogP contribution in [0.5, 0.6) is 0 Å². The molecule has 180 valence electrons. The third-order valence-electron chi connectivity index (χ3n) is 9.12. The molecule has 0 aromatic rings. The molecule has 0 atom stereocenters. The Bertz CT molecular complexity index is 539. The molecule has 0 saturated carbocycles. The molecule has 0 radical (unpaired) electrons. The summed E-state index contributed by atoms with van der Waals surface area (Å²) >= 11 is 0. The fourth-order valence-corrected chi connectivity index (χ4v) is 6.35. The normalized spacial score (nSPS) is 23.3. The van der Waals surface area contributed by atoms with Crippen LogP contribution in [0.3, 0.4) is 0 Å². The van der Waals surface area contributed by atoms with Crippen molar-refractivity contribution in [1.82, 2.24) is 15.1 Å². The van der Waals surface area contributed by atoms with Crippen molar-refractivity contribution in [3.8, 4) is 0 Å². The van der Waals surface area contributed by atoms with Gasteiger partial charge in [-0.3, -0.25) is 4.79 Å². The second-order valence-electron chi connectivity index (χ2n) is 12.2. The first-order valence-electron chi connectivity index (χ1n) is 13.5. The average molecular weight is 434 g/mol. The van der Waals surface area contributed by atoms with Gasteiger partial charge in [-0.2, -0.15) is 0 Å². The molecule has 0 aromatic heterocycles. The summed E-state index contributed by atoms with van der Waals surface area (Å²) < 4.78 is 0. The van der Waals surface area contributed by atoms with Crippen molar-refractivity contribution in [1.29, 1.82) is 0 Å². The summed E-state index contributed by atoms with van der Waals surface area (Å²) in [5, 5.41) is 3.53. The Balaban J connectivity index is 1.34. The summed E-state index contributed by atoms with van der Waals surface area (Å²) in [5.74, 6) is 2.13. The van der Waals surface area contributed by atoms with Crippen LogP contribution in [0.2, 0.25) is 0 Å². The van der Waals surface area contributed by atoms with Gasteiger partial charge < -0.3 is 15.1 Å². The highest BCUT2D eigenvalue weighted by Gasteiger charge is 2.36. The molecule has 4 nitrogen and oxygen atoms in total. The van der Waals surface area contributed by atoms with E-state index < -0.39 is 0 Å². The Hall–Kier alpha value is -0.610. The summed E-state index contributed by atoms with van der Waals surface area (Å²) in [6.07, 6.45) is 13.6. The van der Waals surface area contributed by atoms with Gasteiger partial charge in [-0.15, -0.1) is 0 Å². The first-order valence-corrected chi connectivity index (χ1v) is 13.5. The van der Waals surface area contributed by atoms with Crippen LogP contribution in [0.25, 0.3) is 0 Å². The molecule has 3 rings (SSSR count). The SMILES string of the molecule is CC(C)(CCC(C)(C)C1CCN(CCCC(=O)N2CCCCC2)CC1)C1CCNCC1. The van der Waals surface area contributed by atoms with Crippen molar-refractivity contribution in [3.05, 3.63) is 0 Å². The van der Waals surface area contributed by atoms with Gasteiger partial charge in [0.25, 0.3) is 0 Å². The predicted molar refractivity (Wildman–Crippen MR) is 131 cm³/mol. The molecule has 0 spiro atoms. The van der Waals surface area contributed by atoms with Crippen LogP contribution in [0.4, 0.5) is 0 Å². The van der Waals surface area contributed by atoms with E-state index in [0.29, 0.717) is 16.7 Å². The van der Waals surface area contributed by atoms with Crippen LogP contribution in [-0.4, -0.2) is 61.5 Å². The van der Waals surface area contributed by atoms with E-state index in [4.69, 9.17) is 0 Å². The zero-order chi connectivity index (χ0) is 22.3. The molecule has 4 heteroatoms. The molecule has 1 amide bonds. The topological polar surface area (TPSA) is 35.6 Å².